The van der Waals surface area contributed by atoms with Crippen molar-refractivity contribution in [1.29, 1.82) is 0 Å². The maximum absolute atomic E-state index is 9.72. The molecule has 0 saturated carbocycles. The summed E-state index contributed by atoms with van der Waals surface area (Å²) in [6, 6.07) is 17.9. The number of benzene rings is 1. The van der Waals surface area contributed by atoms with Crippen molar-refractivity contribution >= 4 is 23.1 Å². The predicted molar refractivity (Wildman–Crippen MR) is 141 cm³/mol. The Kier molecular flexibility index (Phi) is 7.14. The Morgan fingerprint density at radius 3 is 2.76 bits per heavy atom. The van der Waals surface area contributed by atoms with Crippen LogP contribution in [0.5, 0.6) is 0 Å². The third-order valence-corrected chi connectivity index (χ3v) is 8.60. The zero-order valence-corrected chi connectivity index (χ0v) is 21.1. The Morgan fingerprint density at radius 1 is 1.12 bits per heavy atom. The molecular weight excluding hydrogens is 438 g/mol. The van der Waals surface area contributed by atoms with Crippen LogP contribution in [-0.4, -0.2) is 58.7 Å². The molecule has 2 aliphatic rings. The minimum atomic E-state index is 0.212. The van der Waals surface area contributed by atoms with Gasteiger partial charge in [0.05, 0.1) is 17.7 Å². The van der Waals surface area contributed by atoms with Crippen LogP contribution in [0.3, 0.4) is 0 Å². The number of aliphatic hydroxyl groups is 1. The first-order valence-corrected chi connectivity index (χ1v) is 13.4. The Hall–Kier alpha value is -2.47. The fourth-order valence-corrected chi connectivity index (χ4v) is 6.42. The van der Waals surface area contributed by atoms with Gasteiger partial charge in [-0.1, -0.05) is 56.3 Å². The van der Waals surface area contributed by atoms with Crippen molar-refractivity contribution in [1.82, 2.24) is 14.8 Å². The van der Waals surface area contributed by atoms with E-state index >= 15 is 0 Å². The minimum Gasteiger partial charge on any atom is -0.395 e. The van der Waals surface area contributed by atoms with Gasteiger partial charge in [-0.3, -0.25) is 9.88 Å². The van der Waals surface area contributed by atoms with Gasteiger partial charge in [-0.2, -0.15) is 0 Å². The topological polar surface area (TPSA) is 39.6 Å². The largest absolute Gasteiger partial charge is 0.395 e. The standard InChI is InChI=1S/C29H35N3OS/c1-21(2)27-19-25-26(34-27)13-11-23-9-6-14-30-28(23)29(25)32-16-15-31(17-18-33)24(20-32)12-10-22-7-4-3-5-8-22/h3-9,11,14,19,21,24,33H,10,12-13,15-18,20H2,1-2H3. The molecule has 0 spiro atoms. The number of rotatable bonds is 7. The van der Waals surface area contributed by atoms with E-state index in [1.807, 2.05) is 23.6 Å². The van der Waals surface area contributed by atoms with Crippen LogP contribution in [0.1, 0.15) is 47.1 Å². The molecule has 1 unspecified atom stereocenters. The second kappa shape index (κ2) is 10.4. The third kappa shape index (κ3) is 4.83. The number of hydrogen-bond donors (Lipinski definition) is 1. The van der Waals surface area contributed by atoms with Gasteiger partial charge in [0, 0.05) is 60.2 Å². The molecule has 0 bridgehead atoms. The van der Waals surface area contributed by atoms with Crippen LogP contribution in [-0.2, 0) is 12.8 Å². The lowest BCUT2D eigenvalue weighted by Gasteiger charge is -2.43. The number of nitrogens with zero attached hydrogens (tertiary/aromatic N) is 3. The first-order chi connectivity index (χ1) is 16.6. The van der Waals surface area contributed by atoms with Gasteiger partial charge >= 0.3 is 0 Å². The summed E-state index contributed by atoms with van der Waals surface area (Å²) in [5.41, 5.74) is 4.06. The molecule has 1 N–H and O–H groups in total. The molecule has 1 aromatic carbocycles. The number of aliphatic hydroxyl groups excluding tert-OH is 1. The second-order valence-corrected chi connectivity index (χ2v) is 10.9. The number of hydrogen-bond acceptors (Lipinski definition) is 5. The van der Waals surface area contributed by atoms with E-state index in [0.717, 1.165) is 50.8 Å². The number of piperazine rings is 1. The summed E-state index contributed by atoms with van der Waals surface area (Å²) < 4.78 is 0. The van der Waals surface area contributed by atoms with E-state index in [4.69, 9.17) is 4.98 Å². The average Bonchev–Trinajstić information content (AvgIpc) is 3.22. The predicted octanol–water partition coefficient (Wildman–Crippen LogP) is 3.37. The van der Waals surface area contributed by atoms with E-state index in [2.05, 4.69) is 72.2 Å². The number of aryl methyl sites for hydroxylation is 1. The van der Waals surface area contributed by atoms with Gasteiger partial charge in [0.2, 0.25) is 0 Å². The summed E-state index contributed by atoms with van der Waals surface area (Å²) in [7, 11) is 0. The van der Waals surface area contributed by atoms with Crippen molar-refractivity contribution < 1.29 is 5.11 Å². The quantitative estimate of drug-likeness (QED) is 0.571. The first-order valence-electron chi connectivity index (χ1n) is 12.6. The van der Waals surface area contributed by atoms with E-state index in [-0.39, 0.29) is 6.61 Å². The lowest BCUT2D eigenvalue weighted by molar-refractivity contribution is 0.0814. The lowest BCUT2D eigenvalue weighted by atomic mass is 10.00. The first kappa shape index (κ1) is 23.3. The van der Waals surface area contributed by atoms with Crippen LogP contribution in [0.15, 0.2) is 54.7 Å². The Bertz CT molecular complexity index is 1230. The Labute approximate surface area is 206 Å². The van der Waals surface area contributed by atoms with Gasteiger partial charge < -0.3 is 10.0 Å². The summed E-state index contributed by atoms with van der Waals surface area (Å²) in [5, 5.41) is 12.1. The summed E-state index contributed by atoms with van der Waals surface area (Å²) in [6.07, 6.45) is 7.39. The molecule has 0 radical (unpaired) electrons. The van der Waals surface area contributed by atoms with Gasteiger partial charge in [0.1, 0.15) is 0 Å². The minimum absolute atomic E-state index is 0.212. The molecule has 4 nitrogen and oxygen atoms in total. The van der Waals surface area contributed by atoms with Crippen molar-refractivity contribution in [2.24, 2.45) is 0 Å². The van der Waals surface area contributed by atoms with Crippen LogP contribution in [0.4, 0.5) is 0 Å². The zero-order chi connectivity index (χ0) is 23.5. The summed E-state index contributed by atoms with van der Waals surface area (Å²) in [5.74, 6) is 0.529. The van der Waals surface area contributed by atoms with Crippen LogP contribution < -0.4 is 10.6 Å². The summed E-state index contributed by atoms with van der Waals surface area (Å²) in [4.78, 5) is 12.9. The molecule has 178 valence electrons. The molecule has 3 heterocycles. The maximum atomic E-state index is 9.72. The molecule has 1 aliphatic heterocycles. The fourth-order valence-electron chi connectivity index (χ4n) is 5.29. The number of fused-ring (bicyclic) bond motifs is 2. The Balaban J connectivity index is 1.51. The average molecular weight is 474 g/mol. The van der Waals surface area contributed by atoms with Gasteiger partial charge in [-0.05, 0) is 41.7 Å². The summed E-state index contributed by atoms with van der Waals surface area (Å²) >= 11 is 1.96. The highest BCUT2D eigenvalue weighted by molar-refractivity contribution is 7.12. The van der Waals surface area contributed by atoms with Crippen molar-refractivity contribution in [2.75, 3.05) is 32.8 Å². The highest BCUT2D eigenvalue weighted by Gasteiger charge is 2.30. The van der Waals surface area contributed by atoms with E-state index in [9.17, 15) is 5.11 Å². The number of thiophene rings is 1. The van der Waals surface area contributed by atoms with E-state index < -0.39 is 0 Å². The van der Waals surface area contributed by atoms with Crippen LogP contribution in [0, 0.1) is 0 Å². The zero-order valence-electron chi connectivity index (χ0n) is 20.3. The maximum Gasteiger partial charge on any atom is 0.0938 e. The van der Waals surface area contributed by atoms with E-state index in [1.54, 1.807) is 0 Å². The molecule has 34 heavy (non-hydrogen) atoms. The number of β-amino-alcohol motifs (C(OH)–C–C–N with tert-alkyl or cyclic N) is 1. The van der Waals surface area contributed by atoms with Gasteiger partial charge in [-0.25, -0.2) is 0 Å². The molecule has 0 amide bonds. The molecule has 5 heteroatoms. The molecule has 1 aliphatic carbocycles. The second-order valence-electron chi connectivity index (χ2n) is 9.72. The number of pyridine rings is 1. The highest BCUT2D eigenvalue weighted by Crippen LogP contribution is 2.35. The molecular formula is C29H35N3OS. The monoisotopic (exact) mass is 473 g/mol. The Morgan fingerprint density at radius 2 is 1.97 bits per heavy atom. The van der Waals surface area contributed by atoms with E-state index in [0.29, 0.717) is 12.0 Å². The van der Waals surface area contributed by atoms with Crippen molar-refractivity contribution in [3.8, 4) is 0 Å². The molecule has 3 aromatic rings. The van der Waals surface area contributed by atoms with Crippen molar-refractivity contribution in [2.45, 2.75) is 45.1 Å². The smallest absolute Gasteiger partial charge is 0.0938 e. The van der Waals surface area contributed by atoms with Crippen LogP contribution in [0.2, 0.25) is 0 Å². The van der Waals surface area contributed by atoms with Crippen molar-refractivity contribution in [3.63, 3.8) is 0 Å². The normalized spacial score (nSPS) is 18.4. The molecule has 1 saturated heterocycles. The van der Waals surface area contributed by atoms with Crippen LogP contribution >= 0.6 is 11.3 Å². The highest BCUT2D eigenvalue weighted by atomic mass is 32.1. The lowest BCUT2D eigenvalue weighted by Crippen LogP contribution is -2.54. The van der Waals surface area contributed by atoms with Gasteiger partial charge in [0.25, 0.3) is 0 Å². The van der Waals surface area contributed by atoms with Crippen LogP contribution in [0.25, 0.3) is 11.8 Å². The van der Waals surface area contributed by atoms with E-state index in [1.165, 1.54) is 31.8 Å². The molecule has 1 fully saturated rings. The van der Waals surface area contributed by atoms with Gasteiger partial charge in [0.15, 0.2) is 0 Å². The third-order valence-electron chi connectivity index (χ3n) is 7.14. The fraction of sp³-hybridized carbons (Fsp3) is 0.414. The molecule has 1 atom stereocenters. The summed E-state index contributed by atoms with van der Waals surface area (Å²) in [6.45, 7) is 8.41. The SMILES string of the molecule is CC(C)c1cc2c(s1)CC=c1cccnc1=C2N1CCN(CCO)C(CCc2ccccc2)C1. The number of aromatic nitrogens is 1. The molecule has 5 rings (SSSR count). The van der Waals surface area contributed by atoms with Gasteiger partial charge in [-0.15, -0.1) is 11.3 Å². The van der Waals surface area contributed by atoms with Crippen molar-refractivity contribution in [3.05, 3.63) is 86.2 Å². The molecule has 2 aromatic heterocycles.